The number of unbranched alkanes of at least 4 members (excludes halogenated alkanes) is 18. The second-order valence-electron chi connectivity index (χ2n) is 11.7. The first-order valence-corrected chi connectivity index (χ1v) is 18.5. The lowest BCUT2D eigenvalue weighted by Crippen LogP contribution is -2.26. The van der Waals surface area contributed by atoms with Gasteiger partial charge in [-0.1, -0.05) is 142 Å². The Morgan fingerprint density at radius 3 is 1.13 bits per heavy atom. The molecule has 5 heteroatoms. The summed E-state index contributed by atoms with van der Waals surface area (Å²) in [5.74, 6) is 2.07. The molecule has 1 fully saturated rings. The van der Waals surface area contributed by atoms with E-state index in [1.54, 1.807) is 0 Å². The third kappa shape index (κ3) is 26.8. The van der Waals surface area contributed by atoms with Crippen LogP contribution in [0.2, 0.25) is 0 Å². The maximum atomic E-state index is 6.26. The van der Waals surface area contributed by atoms with E-state index in [2.05, 4.69) is 13.8 Å². The van der Waals surface area contributed by atoms with Gasteiger partial charge in [0.1, 0.15) is 0 Å². The molecule has 0 aliphatic carbocycles. The van der Waals surface area contributed by atoms with Crippen LogP contribution in [0.4, 0.5) is 0 Å². The molecular weight excluding hydrogens is 504 g/mol. The van der Waals surface area contributed by atoms with Crippen LogP contribution >= 0.6 is 11.8 Å². The third-order valence-corrected chi connectivity index (χ3v) is 8.81. The van der Waals surface area contributed by atoms with Crippen molar-refractivity contribution in [2.45, 2.75) is 167 Å². The monoisotopic (exact) mass is 572 g/mol. The molecule has 1 aliphatic heterocycles. The summed E-state index contributed by atoms with van der Waals surface area (Å²) < 4.78 is 24.5. The van der Waals surface area contributed by atoms with E-state index in [1.165, 1.54) is 128 Å². The summed E-state index contributed by atoms with van der Waals surface area (Å²) in [5, 5.41) is 0. The van der Waals surface area contributed by atoms with Gasteiger partial charge in [0.25, 0.3) is 0 Å². The van der Waals surface area contributed by atoms with E-state index in [0.29, 0.717) is 13.2 Å². The zero-order valence-electron chi connectivity index (χ0n) is 26.4. The highest BCUT2D eigenvalue weighted by atomic mass is 32.2. The maximum Gasteiger partial charge on any atom is 0.0809 e. The largest absolute Gasteiger partial charge is 0.378 e. The molecule has 0 amide bonds. The average Bonchev–Trinajstić information content (AvgIpc) is 2.95. The van der Waals surface area contributed by atoms with Gasteiger partial charge in [0.15, 0.2) is 0 Å². The number of ether oxygens (including phenoxy) is 4. The summed E-state index contributed by atoms with van der Waals surface area (Å²) in [4.78, 5) is 0. The molecule has 0 bridgehead atoms. The Morgan fingerprint density at radius 1 is 0.436 bits per heavy atom. The molecule has 0 radical (unpaired) electrons. The van der Waals surface area contributed by atoms with E-state index in [9.17, 15) is 0 Å². The van der Waals surface area contributed by atoms with Crippen molar-refractivity contribution in [2.24, 2.45) is 0 Å². The number of hydrogen-bond donors (Lipinski definition) is 0. The van der Waals surface area contributed by atoms with Crippen molar-refractivity contribution in [1.29, 1.82) is 0 Å². The Bertz CT molecular complexity index is 424. The molecule has 2 unspecified atom stereocenters. The second-order valence-corrected chi connectivity index (χ2v) is 12.9. The fraction of sp³-hybridized carbons (Fsp3) is 1.00. The van der Waals surface area contributed by atoms with Gasteiger partial charge in [-0.2, -0.15) is 11.8 Å². The highest BCUT2D eigenvalue weighted by Crippen LogP contribution is 2.16. The van der Waals surface area contributed by atoms with Gasteiger partial charge in [-0.25, -0.2) is 0 Å². The summed E-state index contributed by atoms with van der Waals surface area (Å²) in [6.07, 6.45) is 30.1. The Balaban J connectivity index is 2.19. The van der Waals surface area contributed by atoms with Gasteiger partial charge in [0, 0.05) is 11.5 Å². The summed E-state index contributed by atoms with van der Waals surface area (Å²) in [6, 6.07) is 0. The zero-order valence-corrected chi connectivity index (χ0v) is 27.2. The van der Waals surface area contributed by atoms with Crippen LogP contribution in [-0.2, 0) is 18.9 Å². The minimum atomic E-state index is 0.203. The average molecular weight is 573 g/mol. The summed E-state index contributed by atoms with van der Waals surface area (Å²) in [7, 11) is 0. The zero-order chi connectivity index (χ0) is 27.9. The highest BCUT2D eigenvalue weighted by molar-refractivity contribution is 7.99. The molecule has 0 saturated carbocycles. The summed E-state index contributed by atoms with van der Waals surface area (Å²) in [5.41, 5.74) is 0. The molecule has 234 valence electrons. The lowest BCUT2D eigenvalue weighted by molar-refractivity contribution is -0.0686. The van der Waals surface area contributed by atoms with Crippen molar-refractivity contribution in [3.8, 4) is 0 Å². The van der Waals surface area contributed by atoms with E-state index < -0.39 is 0 Å². The predicted molar refractivity (Wildman–Crippen MR) is 171 cm³/mol. The quantitative estimate of drug-likeness (QED) is 0.121. The van der Waals surface area contributed by atoms with Gasteiger partial charge in [0.2, 0.25) is 0 Å². The lowest BCUT2D eigenvalue weighted by atomic mass is 10.0. The fourth-order valence-electron chi connectivity index (χ4n) is 5.35. The smallest absolute Gasteiger partial charge is 0.0809 e. The lowest BCUT2D eigenvalue weighted by Gasteiger charge is -2.20. The number of thioether (sulfide) groups is 1. The fourth-order valence-corrected chi connectivity index (χ4v) is 6.02. The topological polar surface area (TPSA) is 36.9 Å². The molecule has 1 rings (SSSR count). The SMILES string of the molecule is CCCCCCCCCCCCC1COCCSCCOCC(CCCCCCCCCCCC)OCCO1. The third-order valence-electron chi connectivity index (χ3n) is 7.90. The van der Waals surface area contributed by atoms with Crippen molar-refractivity contribution in [3.63, 3.8) is 0 Å². The maximum absolute atomic E-state index is 6.26. The highest BCUT2D eigenvalue weighted by Gasteiger charge is 2.13. The Hall–Kier alpha value is 0.190. The standard InChI is InChI=1S/C34H68O4S/c1-3-5-7-9-11-13-15-17-19-21-23-33-31-35-27-29-39-30-28-36-32-34(38-26-25-37-33)24-22-20-18-16-14-12-10-8-6-4-2/h33-34H,3-32H2,1-2H3. The van der Waals surface area contributed by atoms with Crippen molar-refractivity contribution < 1.29 is 18.9 Å². The molecule has 0 aromatic heterocycles. The normalized spacial score (nSPS) is 20.5. The second kappa shape index (κ2) is 31.1. The molecule has 0 aromatic rings. The van der Waals surface area contributed by atoms with Gasteiger partial charge in [-0.3, -0.25) is 0 Å². The minimum absolute atomic E-state index is 0.203. The first kappa shape index (κ1) is 37.2. The van der Waals surface area contributed by atoms with Crippen LogP contribution in [0.1, 0.15) is 155 Å². The van der Waals surface area contributed by atoms with Crippen molar-refractivity contribution in [2.75, 3.05) is 51.1 Å². The van der Waals surface area contributed by atoms with Crippen LogP contribution in [0, 0.1) is 0 Å². The molecule has 1 heterocycles. The number of rotatable bonds is 22. The van der Waals surface area contributed by atoms with Gasteiger partial charge in [0.05, 0.1) is 51.8 Å². The van der Waals surface area contributed by atoms with Crippen molar-refractivity contribution in [1.82, 2.24) is 0 Å². The summed E-state index contributed by atoms with van der Waals surface area (Å²) >= 11 is 1.93. The first-order chi connectivity index (χ1) is 19.4. The molecule has 1 aliphatic rings. The molecular formula is C34H68O4S. The van der Waals surface area contributed by atoms with Crippen molar-refractivity contribution in [3.05, 3.63) is 0 Å². The van der Waals surface area contributed by atoms with E-state index >= 15 is 0 Å². The molecule has 0 N–H and O–H groups in total. The van der Waals surface area contributed by atoms with E-state index in [1.807, 2.05) is 11.8 Å². The van der Waals surface area contributed by atoms with Crippen molar-refractivity contribution >= 4 is 11.8 Å². The minimum Gasteiger partial charge on any atom is -0.378 e. The van der Waals surface area contributed by atoms with Gasteiger partial charge < -0.3 is 18.9 Å². The van der Waals surface area contributed by atoms with E-state index in [-0.39, 0.29) is 12.2 Å². The predicted octanol–water partition coefficient (Wildman–Crippen LogP) is 10.2. The molecule has 2 atom stereocenters. The first-order valence-electron chi connectivity index (χ1n) is 17.3. The van der Waals surface area contributed by atoms with Crippen LogP contribution in [0.5, 0.6) is 0 Å². The van der Waals surface area contributed by atoms with Crippen LogP contribution in [0.25, 0.3) is 0 Å². The van der Waals surface area contributed by atoms with Gasteiger partial charge >= 0.3 is 0 Å². The van der Waals surface area contributed by atoms with Crippen LogP contribution < -0.4 is 0 Å². The van der Waals surface area contributed by atoms with Gasteiger partial charge in [-0.05, 0) is 12.8 Å². The van der Waals surface area contributed by atoms with Crippen LogP contribution in [-0.4, -0.2) is 63.4 Å². The Kier molecular flexibility index (Phi) is 29.7. The molecule has 39 heavy (non-hydrogen) atoms. The molecule has 4 nitrogen and oxygen atoms in total. The summed E-state index contributed by atoms with van der Waals surface area (Å²) in [6.45, 7) is 8.95. The Morgan fingerprint density at radius 2 is 0.769 bits per heavy atom. The molecule has 0 aromatic carbocycles. The molecule has 1 saturated heterocycles. The molecule has 0 spiro atoms. The van der Waals surface area contributed by atoms with Crippen LogP contribution in [0.3, 0.4) is 0 Å². The van der Waals surface area contributed by atoms with Crippen LogP contribution in [0.15, 0.2) is 0 Å². The van der Waals surface area contributed by atoms with E-state index in [0.717, 1.165) is 50.8 Å². The number of hydrogen-bond acceptors (Lipinski definition) is 5. The van der Waals surface area contributed by atoms with Gasteiger partial charge in [-0.15, -0.1) is 0 Å². The Labute approximate surface area is 248 Å². The van der Waals surface area contributed by atoms with E-state index in [4.69, 9.17) is 18.9 Å².